The molecule has 0 radical (unpaired) electrons. The number of unbranched alkanes of at least 4 members (excludes halogenated alkanes) is 24. The summed E-state index contributed by atoms with van der Waals surface area (Å²) in [7, 11) is 0. The molecule has 0 aromatic rings. The first-order valence-corrected chi connectivity index (χ1v) is 21.8. The monoisotopic (exact) mass is 719 g/mol. The molecular weight excluding hydrogens is 636 g/mol. The van der Waals surface area contributed by atoms with Gasteiger partial charge in [-0.3, -0.25) is 14.4 Å². The maximum Gasteiger partial charge on any atom is 0.306 e. The number of rotatable bonds is 39. The highest BCUT2D eigenvalue weighted by Gasteiger charge is 2.19. The Morgan fingerprint density at radius 2 is 0.706 bits per heavy atom. The van der Waals surface area contributed by atoms with Crippen LogP contribution in [-0.2, 0) is 28.6 Å². The summed E-state index contributed by atoms with van der Waals surface area (Å²) >= 11 is 0. The number of esters is 3. The van der Waals surface area contributed by atoms with Crippen molar-refractivity contribution in [1.82, 2.24) is 0 Å². The van der Waals surface area contributed by atoms with E-state index in [1.807, 2.05) is 0 Å². The minimum atomic E-state index is -0.771. The second-order valence-electron chi connectivity index (χ2n) is 14.6. The van der Waals surface area contributed by atoms with Crippen molar-refractivity contribution < 1.29 is 28.6 Å². The third-order valence-corrected chi connectivity index (χ3v) is 9.41. The van der Waals surface area contributed by atoms with Crippen LogP contribution in [0.5, 0.6) is 0 Å². The molecule has 0 amide bonds. The number of hydrogen-bond donors (Lipinski definition) is 0. The Morgan fingerprint density at radius 3 is 1.12 bits per heavy atom. The van der Waals surface area contributed by atoms with Crippen LogP contribution in [0, 0.1) is 0 Å². The standard InChI is InChI=1S/C45H82O6/c1-4-7-10-13-16-19-22-24-26-29-32-35-38-44(47)50-41-42(40-49-43(46)37-34-31-28-25-21-18-15-12-9-6-3)51-45(48)39-36-33-30-27-23-20-17-14-11-8-5-2/h12,14-15,17,42H,4-11,13,16,18-41H2,1-3H3/b15-12-,17-14-. The molecule has 6 heteroatoms. The van der Waals surface area contributed by atoms with Crippen molar-refractivity contribution in [2.75, 3.05) is 13.2 Å². The molecule has 0 N–H and O–H groups in total. The Bertz CT molecular complexity index is 835. The number of carbonyl (C=O) groups excluding carboxylic acids is 3. The lowest BCUT2D eigenvalue weighted by Crippen LogP contribution is -2.30. The van der Waals surface area contributed by atoms with Crippen LogP contribution in [0.15, 0.2) is 24.3 Å². The Kier molecular flexibility index (Phi) is 39.0. The third kappa shape index (κ3) is 38.9. The fourth-order valence-electron chi connectivity index (χ4n) is 6.07. The smallest absolute Gasteiger partial charge is 0.306 e. The van der Waals surface area contributed by atoms with E-state index in [1.54, 1.807) is 0 Å². The molecule has 0 heterocycles. The Morgan fingerprint density at radius 1 is 0.373 bits per heavy atom. The number of allylic oxidation sites excluding steroid dienone is 4. The van der Waals surface area contributed by atoms with E-state index in [2.05, 4.69) is 45.1 Å². The van der Waals surface area contributed by atoms with Crippen LogP contribution in [0.2, 0.25) is 0 Å². The van der Waals surface area contributed by atoms with Crippen LogP contribution < -0.4 is 0 Å². The zero-order chi connectivity index (χ0) is 37.3. The Labute approximate surface area is 315 Å². The summed E-state index contributed by atoms with van der Waals surface area (Å²) < 4.78 is 16.6. The number of ether oxygens (including phenoxy) is 3. The normalized spacial score (nSPS) is 12.1. The van der Waals surface area contributed by atoms with Crippen LogP contribution in [0.1, 0.15) is 226 Å². The van der Waals surface area contributed by atoms with Gasteiger partial charge in [-0.15, -0.1) is 0 Å². The highest BCUT2D eigenvalue weighted by Crippen LogP contribution is 2.14. The van der Waals surface area contributed by atoms with E-state index < -0.39 is 6.10 Å². The molecule has 0 bridgehead atoms. The molecule has 0 aliphatic rings. The predicted molar refractivity (Wildman–Crippen MR) is 215 cm³/mol. The number of hydrogen-bond acceptors (Lipinski definition) is 6. The van der Waals surface area contributed by atoms with Crippen LogP contribution in [0.25, 0.3) is 0 Å². The first kappa shape index (κ1) is 48.9. The van der Waals surface area contributed by atoms with Gasteiger partial charge in [0.15, 0.2) is 6.10 Å². The summed E-state index contributed by atoms with van der Waals surface area (Å²) in [6.45, 7) is 6.51. The Balaban J connectivity index is 4.37. The highest BCUT2D eigenvalue weighted by atomic mass is 16.6. The largest absolute Gasteiger partial charge is 0.462 e. The van der Waals surface area contributed by atoms with Gasteiger partial charge < -0.3 is 14.2 Å². The van der Waals surface area contributed by atoms with Crippen molar-refractivity contribution in [3.8, 4) is 0 Å². The van der Waals surface area contributed by atoms with Crippen molar-refractivity contribution in [3.05, 3.63) is 24.3 Å². The van der Waals surface area contributed by atoms with Gasteiger partial charge in [0.05, 0.1) is 0 Å². The molecular formula is C45H82O6. The van der Waals surface area contributed by atoms with Gasteiger partial charge in [0.1, 0.15) is 13.2 Å². The predicted octanol–water partition coefficient (Wildman–Crippen LogP) is 13.6. The maximum absolute atomic E-state index is 12.7. The van der Waals surface area contributed by atoms with E-state index in [1.165, 1.54) is 103 Å². The van der Waals surface area contributed by atoms with E-state index >= 15 is 0 Å². The van der Waals surface area contributed by atoms with Gasteiger partial charge in [0.25, 0.3) is 0 Å². The lowest BCUT2D eigenvalue weighted by Gasteiger charge is -2.18. The van der Waals surface area contributed by atoms with Gasteiger partial charge >= 0.3 is 17.9 Å². The lowest BCUT2D eigenvalue weighted by atomic mass is 10.0. The van der Waals surface area contributed by atoms with Crippen molar-refractivity contribution >= 4 is 17.9 Å². The Hall–Kier alpha value is -2.11. The molecule has 1 unspecified atom stereocenters. The minimum absolute atomic E-state index is 0.0748. The quantitative estimate of drug-likeness (QED) is 0.0272. The van der Waals surface area contributed by atoms with E-state index in [0.717, 1.165) is 83.5 Å². The van der Waals surface area contributed by atoms with Gasteiger partial charge in [0.2, 0.25) is 0 Å². The molecule has 0 aliphatic carbocycles. The second kappa shape index (κ2) is 40.7. The average Bonchev–Trinajstić information content (AvgIpc) is 3.12. The van der Waals surface area contributed by atoms with Gasteiger partial charge in [-0.1, -0.05) is 173 Å². The van der Waals surface area contributed by atoms with Crippen molar-refractivity contribution in [2.45, 2.75) is 232 Å². The molecule has 6 nitrogen and oxygen atoms in total. The van der Waals surface area contributed by atoms with Crippen LogP contribution in [0.3, 0.4) is 0 Å². The second-order valence-corrected chi connectivity index (χ2v) is 14.6. The van der Waals surface area contributed by atoms with Crippen LogP contribution >= 0.6 is 0 Å². The molecule has 0 fully saturated rings. The minimum Gasteiger partial charge on any atom is -0.462 e. The average molecular weight is 719 g/mol. The van der Waals surface area contributed by atoms with Gasteiger partial charge in [-0.05, 0) is 57.8 Å². The third-order valence-electron chi connectivity index (χ3n) is 9.41. The maximum atomic E-state index is 12.7. The molecule has 0 aliphatic heterocycles. The van der Waals surface area contributed by atoms with E-state index in [9.17, 15) is 14.4 Å². The summed E-state index contributed by atoms with van der Waals surface area (Å²) in [6, 6.07) is 0. The van der Waals surface area contributed by atoms with E-state index in [0.29, 0.717) is 19.3 Å². The van der Waals surface area contributed by atoms with Gasteiger partial charge in [-0.25, -0.2) is 0 Å². The molecule has 1 atom stereocenters. The molecule has 0 spiro atoms. The fraction of sp³-hybridized carbons (Fsp3) is 0.844. The number of carbonyl (C=O) groups is 3. The molecule has 0 saturated heterocycles. The van der Waals surface area contributed by atoms with Gasteiger partial charge in [-0.2, -0.15) is 0 Å². The van der Waals surface area contributed by atoms with E-state index in [4.69, 9.17) is 14.2 Å². The first-order chi connectivity index (χ1) is 25.0. The molecule has 51 heavy (non-hydrogen) atoms. The summed E-state index contributed by atoms with van der Waals surface area (Å²) in [5.74, 6) is -0.895. The summed E-state index contributed by atoms with van der Waals surface area (Å²) in [4.78, 5) is 37.6. The van der Waals surface area contributed by atoms with Crippen molar-refractivity contribution in [1.29, 1.82) is 0 Å². The van der Waals surface area contributed by atoms with Gasteiger partial charge in [0, 0.05) is 19.3 Å². The van der Waals surface area contributed by atoms with Crippen molar-refractivity contribution in [3.63, 3.8) is 0 Å². The fourth-order valence-corrected chi connectivity index (χ4v) is 6.07. The van der Waals surface area contributed by atoms with Crippen LogP contribution in [-0.4, -0.2) is 37.2 Å². The first-order valence-electron chi connectivity index (χ1n) is 21.8. The molecule has 0 rings (SSSR count). The summed E-state index contributed by atoms with van der Waals surface area (Å²) in [6.07, 6.45) is 43.0. The van der Waals surface area contributed by atoms with E-state index in [-0.39, 0.29) is 31.1 Å². The summed E-state index contributed by atoms with van der Waals surface area (Å²) in [5, 5.41) is 0. The zero-order valence-electron chi connectivity index (χ0n) is 33.9. The lowest BCUT2D eigenvalue weighted by molar-refractivity contribution is -0.167. The zero-order valence-corrected chi connectivity index (χ0v) is 33.9. The molecule has 0 saturated carbocycles. The molecule has 0 aromatic carbocycles. The highest BCUT2D eigenvalue weighted by molar-refractivity contribution is 5.71. The SMILES string of the molecule is CCC/C=C\CCCCCCCC(=O)OCC(COC(=O)CCCCCCCCCCCCCC)OC(=O)CCCCCCC/C=C\CCCC. The molecule has 0 aromatic heterocycles. The molecule has 298 valence electrons. The van der Waals surface area contributed by atoms with Crippen LogP contribution in [0.4, 0.5) is 0 Å². The topological polar surface area (TPSA) is 78.9 Å². The van der Waals surface area contributed by atoms with Crippen molar-refractivity contribution in [2.24, 2.45) is 0 Å². The summed E-state index contributed by atoms with van der Waals surface area (Å²) in [5.41, 5.74) is 0.